The molecule has 0 aliphatic carbocycles. The lowest BCUT2D eigenvalue weighted by molar-refractivity contribution is -0.289. The van der Waals surface area contributed by atoms with Crippen LogP contribution < -0.4 is 5.73 Å². The van der Waals surface area contributed by atoms with Crippen LogP contribution in [-0.4, -0.2) is 132 Å². The third kappa shape index (κ3) is 8.71. The highest BCUT2D eigenvalue weighted by atomic mass is 19.1. The van der Waals surface area contributed by atoms with Crippen molar-refractivity contribution in [3.05, 3.63) is 10.4 Å². The van der Waals surface area contributed by atoms with Gasteiger partial charge in [-0.3, -0.25) is 9.69 Å². The van der Waals surface area contributed by atoms with Crippen LogP contribution in [-0.2, 0) is 33.3 Å². The largest absolute Gasteiger partial charge is 0.455 e. The number of alkyl halides is 1. The normalized spacial score (nSPS) is 42.5. The summed E-state index contributed by atoms with van der Waals surface area (Å²) in [5.41, 5.74) is 9.04. The number of Topliss-reactive ketones (excluding diaryl/α,β-unsaturated/α-hetero) is 1. The van der Waals surface area contributed by atoms with Crippen LogP contribution >= 0.6 is 0 Å². The monoisotopic (exact) mass is 714 g/mol. The standard InChI is InChI=1S/C34H59FN6O9/c1-11-24-34(8)26(41(31(45)50-34)15-13-12-14-38-39-37)22(5)40(9)18-19(2)17-32(6,46-10)28(21(4)27(43)33(7,35)30(44)48-24)49-29-25(42)23(36)16-20(3)47-29/h19-26,28-29,42H,11-18,36H2,1-10H3/t19-,20?,21+,22-,23?,24-,25?,26-,28-,29+,32-,33+,34-/m1/s1. The minimum absolute atomic E-state index is 0.109. The topological polar surface area (TPSA) is 199 Å². The number of azide groups is 1. The van der Waals surface area contributed by atoms with Crippen LogP contribution in [0.5, 0.6) is 0 Å². The Morgan fingerprint density at radius 3 is 2.42 bits per heavy atom. The number of likely N-dealkylation sites (N-methyl/N-ethyl adjacent to an activating group) is 1. The fourth-order valence-electron chi connectivity index (χ4n) is 8.08. The maximum atomic E-state index is 16.7. The fraction of sp³-hybridized carbons (Fsp3) is 0.912. The first-order valence-corrected chi connectivity index (χ1v) is 17.7. The van der Waals surface area contributed by atoms with E-state index in [0.29, 0.717) is 32.2 Å². The number of carbonyl (C=O) groups excluding carboxylic acids is 3. The van der Waals surface area contributed by atoms with Crippen molar-refractivity contribution in [2.75, 3.05) is 33.8 Å². The molecule has 0 spiro atoms. The summed E-state index contributed by atoms with van der Waals surface area (Å²) in [4.78, 5) is 47.8. The maximum absolute atomic E-state index is 16.7. The van der Waals surface area contributed by atoms with Crippen molar-refractivity contribution < 1.29 is 47.6 Å². The second kappa shape index (κ2) is 16.8. The number of cyclic esters (lactones) is 1. The summed E-state index contributed by atoms with van der Waals surface area (Å²) >= 11 is 0. The van der Waals surface area contributed by atoms with E-state index in [1.54, 1.807) is 32.6 Å². The van der Waals surface area contributed by atoms with E-state index in [9.17, 15) is 19.5 Å². The zero-order valence-corrected chi connectivity index (χ0v) is 31.3. The highest BCUT2D eigenvalue weighted by Gasteiger charge is 2.60. The summed E-state index contributed by atoms with van der Waals surface area (Å²) in [7, 11) is 3.39. The summed E-state index contributed by atoms with van der Waals surface area (Å²) in [6.07, 6.45) is -3.80. The number of hydrogen-bond donors (Lipinski definition) is 2. The molecule has 3 rings (SSSR count). The van der Waals surface area contributed by atoms with E-state index in [2.05, 4.69) is 14.9 Å². The van der Waals surface area contributed by atoms with E-state index >= 15 is 4.39 Å². The first-order valence-electron chi connectivity index (χ1n) is 17.7. The number of fused-ring (bicyclic) bond motifs is 1. The molecule has 3 fully saturated rings. The molecule has 0 saturated carbocycles. The van der Waals surface area contributed by atoms with Gasteiger partial charge in [0.15, 0.2) is 17.7 Å². The number of unbranched alkanes of at least 4 members (excludes halogenated alkanes) is 1. The minimum atomic E-state index is -3.14. The molecule has 16 heteroatoms. The Balaban J connectivity index is 2.10. The van der Waals surface area contributed by atoms with Gasteiger partial charge in [-0.2, -0.15) is 0 Å². The molecular weight excluding hydrogens is 655 g/mol. The summed E-state index contributed by atoms with van der Waals surface area (Å²) in [5, 5.41) is 14.5. The molecule has 0 aromatic rings. The van der Waals surface area contributed by atoms with Crippen molar-refractivity contribution in [2.45, 2.75) is 153 Å². The highest BCUT2D eigenvalue weighted by Crippen LogP contribution is 2.41. The van der Waals surface area contributed by atoms with Gasteiger partial charge in [0.25, 0.3) is 5.67 Å². The van der Waals surface area contributed by atoms with Gasteiger partial charge in [0.1, 0.15) is 12.2 Å². The van der Waals surface area contributed by atoms with Gasteiger partial charge in [-0.25, -0.2) is 14.0 Å². The molecule has 3 aliphatic heterocycles. The van der Waals surface area contributed by atoms with Crippen molar-refractivity contribution in [3.63, 3.8) is 0 Å². The van der Waals surface area contributed by atoms with Gasteiger partial charge >= 0.3 is 12.1 Å². The molecule has 15 nitrogen and oxygen atoms in total. The highest BCUT2D eigenvalue weighted by molar-refractivity contribution is 6.07. The molecule has 286 valence electrons. The molecule has 3 heterocycles. The van der Waals surface area contributed by atoms with Crippen molar-refractivity contribution in [3.8, 4) is 0 Å². The molecule has 13 atom stereocenters. The first kappa shape index (κ1) is 41.8. The second-order valence-corrected chi connectivity index (χ2v) is 15.1. The number of ketones is 1. The quantitative estimate of drug-likeness (QED) is 0.0877. The van der Waals surface area contributed by atoms with Crippen LogP contribution in [0.25, 0.3) is 10.4 Å². The van der Waals surface area contributed by atoms with Crippen LogP contribution in [0.15, 0.2) is 5.11 Å². The number of amides is 1. The number of esters is 1. The predicted molar refractivity (Wildman–Crippen MR) is 182 cm³/mol. The number of methoxy groups -OCH3 is 1. The number of nitrogens with two attached hydrogens (primary N) is 1. The van der Waals surface area contributed by atoms with E-state index in [-0.39, 0.29) is 37.6 Å². The van der Waals surface area contributed by atoms with Crippen LogP contribution in [0.1, 0.15) is 87.5 Å². The predicted octanol–water partition coefficient (Wildman–Crippen LogP) is 3.89. The minimum Gasteiger partial charge on any atom is -0.455 e. The lowest BCUT2D eigenvalue weighted by atomic mass is 9.77. The molecule has 50 heavy (non-hydrogen) atoms. The average molecular weight is 715 g/mol. The van der Waals surface area contributed by atoms with E-state index in [4.69, 9.17) is 34.9 Å². The second-order valence-electron chi connectivity index (χ2n) is 15.1. The molecule has 3 saturated heterocycles. The van der Waals surface area contributed by atoms with Crippen LogP contribution in [0.3, 0.4) is 0 Å². The van der Waals surface area contributed by atoms with Crippen molar-refractivity contribution >= 4 is 17.8 Å². The molecule has 0 radical (unpaired) electrons. The summed E-state index contributed by atoms with van der Waals surface area (Å²) in [6.45, 7) is 14.3. The SMILES string of the molecule is CC[C@H]1OC(=O)[C@@](C)(F)C(=O)[C@H](C)[C@@H](O[C@@H]2OC(C)CC(N)C2O)[C@](C)(OC)C[C@@H](C)CN(C)[C@H](C)[C@H]2N(CCCCN=[N+]=[N-])C(=O)O[C@]12C. The average Bonchev–Trinajstić information content (AvgIpc) is 3.31. The Kier molecular flexibility index (Phi) is 14.1. The van der Waals surface area contributed by atoms with Gasteiger partial charge in [-0.05, 0) is 85.2 Å². The van der Waals surface area contributed by atoms with Gasteiger partial charge < -0.3 is 39.4 Å². The van der Waals surface area contributed by atoms with Crippen molar-refractivity contribution in [2.24, 2.45) is 22.7 Å². The van der Waals surface area contributed by atoms with E-state index in [1.165, 1.54) is 14.0 Å². The van der Waals surface area contributed by atoms with E-state index < -0.39 is 77.3 Å². The zero-order valence-electron chi connectivity index (χ0n) is 31.3. The molecular formula is C34H59FN6O9. The number of halogens is 1. The summed E-state index contributed by atoms with van der Waals surface area (Å²) in [6, 6.07) is -1.65. The molecule has 0 aromatic carbocycles. The van der Waals surface area contributed by atoms with Gasteiger partial charge in [0.05, 0.1) is 23.9 Å². The summed E-state index contributed by atoms with van der Waals surface area (Å²) in [5.74, 6) is -3.92. The number of nitrogens with zero attached hydrogens (tertiary/aromatic N) is 5. The molecule has 0 bridgehead atoms. The third-order valence-corrected chi connectivity index (χ3v) is 11.0. The first-order chi connectivity index (χ1) is 23.3. The van der Waals surface area contributed by atoms with Gasteiger partial charge in [-0.15, -0.1) is 0 Å². The molecule has 1 amide bonds. The number of ether oxygens (including phenoxy) is 5. The van der Waals surface area contributed by atoms with Gasteiger partial charge in [-0.1, -0.05) is 25.9 Å². The molecule has 0 aromatic heterocycles. The maximum Gasteiger partial charge on any atom is 0.410 e. The number of rotatable bonds is 9. The number of aliphatic hydroxyl groups excluding tert-OH is 1. The van der Waals surface area contributed by atoms with Crippen molar-refractivity contribution in [1.82, 2.24) is 9.80 Å². The van der Waals surface area contributed by atoms with Gasteiger partial charge in [0.2, 0.25) is 0 Å². The third-order valence-electron chi connectivity index (χ3n) is 11.0. The Hall–Kier alpha value is -2.59. The molecule has 3 unspecified atom stereocenters. The Morgan fingerprint density at radius 1 is 1.16 bits per heavy atom. The number of aliphatic hydroxyl groups is 1. The van der Waals surface area contributed by atoms with E-state index in [0.717, 1.165) is 6.92 Å². The van der Waals surface area contributed by atoms with Crippen LogP contribution in [0, 0.1) is 11.8 Å². The Morgan fingerprint density at radius 2 is 1.82 bits per heavy atom. The number of carbonyl (C=O) groups is 3. The lowest BCUT2D eigenvalue weighted by Gasteiger charge is -2.46. The van der Waals surface area contributed by atoms with E-state index in [1.807, 2.05) is 20.9 Å². The zero-order chi connectivity index (χ0) is 37.8. The van der Waals surface area contributed by atoms with Gasteiger partial charge in [0, 0.05) is 49.7 Å². The fourth-order valence-corrected chi connectivity index (χ4v) is 8.08. The summed E-state index contributed by atoms with van der Waals surface area (Å²) < 4.78 is 46.9. The smallest absolute Gasteiger partial charge is 0.410 e. The molecule has 3 N–H and O–H groups in total. The van der Waals surface area contributed by atoms with Crippen LogP contribution in [0.4, 0.5) is 9.18 Å². The Labute approximate surface area is 295 Å². The van der Waals surface area contributed by atoms with Crippen molar-refractivity contribution in [1.29, 1.82) is 0 Å². The number of hydrogen-bond acceptors (Lipinski definition) is 12. The Bertz CT molecular complexity index is 1260. The lowest BCUT2D eigenvalue weighted by Crippen LogP contribution is -2.61. The van der Waals surface area contributed by atoms with Crippen LogP contribution in [0.2, 0.25) is 0 Å². The molecule has 3 aliphatic rings.